The van der Waals surface area contributed by atoms with Crippen LogP contribution in [0.2, 0.25) is 0 Å². The molecule has 0 spiro atoms. The number of pyridine rings is 1. The fourth-order valence-corrected chi connectivity index (χ4v) is 5.16. The standard InChI is InChI=1S/C27H27F3N6O4/c1-26(2)39-15-19(40-26)14-38-23-12-31-11-22(33-23)34-25(37)36-18-8-9-35(13-18)21-7-6-20(32-24(21)36)16-4-3-5-17(10-16)27(28,29)30/h3-7,10-12,18-19H,8-9,13-15H2,1-2H3,(H,33,34,37)/t18-,19+/m0/s1. The van der Waals surface area contributed by atoms with E-state index < -0.39 is 23.6 Å². The average molecular weight is 557 g/mol. The smallest absolute Gasteiger partial charge is 0.416 e. The van der Waals surface area contributed by atoms with Crippen molar-refractivity contribution in [1.82, 2.24) is 15.0 Å². The largest absolute Gasteiger partial charge is 0.474 e. The molecule has 3 aromatic rings. The third-order valence-corrected chi connectivity index (χ3v) is 6.99. The van der Waals surface area contributed by atoms with Crippen LogP contribution >= 0.6 is 0 Å². The molecule has 0 radical (unpaired) electrons. The average Bonchev–Trinajstić information content (AvgIpc) is 3.50. The van der Waals surface area contributed by atoms with Gasteiger partial charge in [-0.2, -0.15) is 18.2 Å². The number of nitrogens with one attached hydrogen (secondary N) is 1. The molecule has 0 aliphatic carbocycles. The number of anilines is 3. The topological polar surface area (TPSA) is 102 Å². The molecule has 1 N–H and O–H groups in total. The van der Waals surface area contributed by atoms with Crippen LogP contribution in [0, 0.1) is 0 Å². The molecule has 2 fully saturated rings. The Bertz CT molecular complexity index is 1440. The maximum absolute atomic E-state index is 13.6. The van der Waals surface area contributed by atoms with E-state index in [1.54, 1.807) is 23.1 Å². The van der Waals surface area contributed by atoms with Gasteiger partial charge in [-0.15, -0.1) is 0 Å². The second-order valence-electron chi connectivity index (χ2n) is 10.3. The minimum Gasteiger partial charge on any atom is -0.474 e. The van der Waals surface area contributed by atoms with Crippen molar-refractivity contribution in [2.24, 2.45) is 0 Å². The second-order valence-corrected chi connectivity index (χ2v) is 10.3. The van der Waals surface area contributed by atoms with Crippen LogP contribution in [0.25, 0.3) is 11.3 Å². The van der Waals surface area contributed by atoms with Gasteiger partial charge in [-0.1, -0.05) is 12.1 Å². The Hall–Kier alpha value is -3.97. The molecule has 1 aromatic carbocycles. The molecule has 0 saturated carbocycles. The van der Waals surface area contributed by atoms with E-state index >= 15 is 0 Å². The highest BCUT2D eigenvalue weighted by Crippen LogP contribution is 2.41. The van der Waals surface area contributed by atoms with Crippen molar-refractivity contribution in [3.05, 3.63) is 54.4 Å². The predicted octanol–water partition coefficient (Wildman–Crippen LogP) is 4.72. The number of hydrogen-bond donors (Lipinski definition) is 1. The summed E-state index contributed by atoms with van der Waals surface area (Å²) in [6.07, 6.45) is -1.18. The number of carbonyl (C=O) groups is 1. The number of ether oxygens (including phenoxy) is 3. The van der Waals surface area contributed by atoms with E-state index in [0.717, 1.165) is 30.8 Å². The summed E-state index contributed by atoms with van der Waals surface area (Å²) in [6, 6.07) is 7.83. The Balaban J connectivity index is 1.22. The zero-order valence-corrected chi connectivity index (χ0v) is 21.8. The van der Waals surface area contributed by atoms with Crippen LogP contribution in [0.4, 0.5) is 35.3 Å². The van der Waals surface area contributed by atoms with Gasteiger partial charge in [0.25, 0.3) is 0 Å². The number of urea groups is 1. The lowest BCUT2D eigenvalue weighted by molar-refractivity contribution is -0.141. The first-order valence-electron chi connectivity index (χ1n) is 12.9. The number of hydrogen-bond acceptors (Lipinski definition) is 8. The maximum atomic E-state index is 13.6. The normalized spacial score (nSPS) is 21.3. The lowest BCUT2D eigenvalue weighted by Gasteiger charge is -2.35. The van der Waals surface area contributed by atoms with E-state index in [1.807, 2.05) is 13.8 Å². The summed E-state index contributed by atoms with van der Waals surface area (Å²) in [5, 5.41) is 2.78. The molecule has 2 amide bonds. The van der Waals surface area contributed by atoms with Gasteiger partial charge < -0.3 is 19.1 Å². The van der Waals surface area contributed by atoms with Gasteiger partial charge in [-0.25, -0.2) is 9.78 Å². The summed E-state index contributed by atoms with van der Waals surface area (Å²) in [7, 11) is 0. The van der Waals surface area contributed by atoms with Crippen molar-refractivity contribution < 1.29 is 32.2 Å². The zero-order chi connectivity index (χ0) is 28.1. The number of alkyl halides is 3. The van der Waals surface area contributed by atoms with E-state index in [4.69, 9.17) is 14.2 Å². The maximum Gasteiger partial charge on any atom is 0.416 e. The van der Waals surface area contributed by atoms with Gasteiger partial charge in [-0.3, -0.25) is 15.2 Å². The molecule has 6 rings (SSSR count). The van der Waals surface area contributed by atoms with Crippen LogP contribution in [-0.4, -0.2) is 65.2 Å². The number of carbonyl (C=O) groups excluding carboxylic acids is 1. The van der Waals surface area contributed by atoms with Gasteiger partial charge in [0.1, 0.15) is 12.7 Å². The van der Waals surface area contributed by atoms with E-state index in [0.29, 0.717) is 30.2 Å². The summed E-state index contributed by atoms with van der Waals surface area (Å²) in [5.41, 5.74) is 0.618. The highest BCUT2D eigenvalue weighted by molar-refractivity contribution is 6.04. The molecule has 3 aliphatic rings. The molecule has 210 valence electrons. The molecule has 2 atom stereocenters. The van der Waals surface area contributed by atoms with Crippen LogP contribution in [0.1, 0.15) is 25.8 Å². The first-order valence-corrected chi connectivity index (χ1v) is 12.9. The zero-order valence-electron chi connectivity index (χ0n) is 21.8. The summed E-state index contributed by atoms with van der Waals surface area (Å²) < 4.78 is 56.9. The van der Waals surface area contributed by atoms with Crippen LogP contribution in [0.5, 0.6) is 5.88 Å². The van der Waals surface area contributed by atoms with Gasteiger partial charge in [-0.05, 0) is 44.5 Å². The predicted molar refractivity (Wildman–Crippen MR) is 139 cm³/mol. The third-order valence-electron chi connectivity index (χ3n) is 6.99. The first-order chi connectivity index (χ1) is 19.1. The Morgan fingerprint density at radius 1 is 1.20 bits per heavy atom. The lowest BCUT2D eigenvalue weighted by Crippen LogP contribution is -2.48. The number of benzene rings is 1. The fraction of sp³-hybridized carbons (Fsp3) is 0.407. The lowest BCUT2D eigenvalue weighted by atomic mass is 10.1. The fourth-order valence-electron chi connectivity index (χ4n) is 5.16. The molecular weight excluding hydrogens is 529 g/mol. The third kappa shape index (κ3) is 5.26. The molecule has 0 unspecified atom stereocenters. The Labute approximate surface area is 228 Å². The highest BCUT2D eigenvalue weighted by Gasteiger charge is 2.41. The quantitative estimate of drug-likeness (QED) is 0.482. The van der Waals surface area contributed by atoms with Crippen molar-refractivity contribution in [3.63, 3.8) is 0 Å². The van der Waals surface area contributed by atoms with Crippen LogP contribution < -0.4 is 19.9 Å². The van der Waals surface area contributed by atoms with Gasteiger partial charge in [0.2, 0.25) is 5.88 Å². The van der Waals surface area contributed by atoms with Gasteiger partial charge in [0.05, 0.1) is 42.0 Å². The molecule has 2 saturated heterocycles. The van der Waals surface area contributed by atoms with Crippen molar-refractivity contribution in [2.45, 2.75) is 44.4 Å². The van der Waals surface area contributed by atoms with Gasteiger partial charge >= 0.3 is 12.2 Å². The second kappa shape index (κ2) is 9.89. The molecule has 5 heterocycles. The molecule has 10 nitrogen and oxygen atoms in total. The SMILES string of the molecule is CC1(C)OC[C@@H](COc2cncc(NC(=O)N3c4nc(-c5cccc(C(F)(F)F)c5)ccc4N4CC[C@H]3C4)n2)O1. The van der Waals surface area contributed by atoms with Crippen LogP contribution in [0.3, 0.4) is 0 Å². The van der Waals surface area contributed by atoms with E-state index in [2.05, 4.69) is 25.2 Å². The number of fused-ring (bicyclic) bond motifs is 4. The number of aromatic nitrogens is 3. The Morgan fingerprint density at radius 3 is 2.83 bits per heavy atom. The molecule has 2 aromatic heterocycles. The number of nitrogens with zero attached hydrogens (tertiary/aromatic N) is 5. The Kier molecular flexibility index (Phi) is 6.50. The number of halogens is 3. The molecule has 3 aliphatic heterocycles. The van der Waals surface area contributed by atoms with E-state index in [1.165, 1.54) is 18.5 Å². The molecule has 13 heteroatoms. The van der Waals surface area contributed by atoms with Crippen molar-refractivity contribution >= 4 is 23.4 Å². The van der Waals surface area contributed by atoms with Gasteiger partial charge in [0, 0.05) is 18.7 Å². The molecule has 40 heavy (non-hydrogen) atoms. The van der Waals surface area contributed by atoms with Crippen molar-refractivity contribution in [3.8, 4) is 17.1 Å². The van der Waals surface area contributed by atoms with E-state index in [-0.39, 0.29) is 30.5 Å². The number of rotatable bonds is 5. The summed E-state index contributed by atoms with van der Waals surface area (Å²) in [5.74, 6) is 0.0950. The molecule has 2 bridgehead atoms. The summed E-state index contributed by atoms with van der Waals surface area (Å²) in [6.45, 7) is 5.60. The monoisotopic (exact) mass is 556 g/mol. The first kappa shape index (κ1) is 26.3. The number of amides is 2. The minimum absolute atomic E-state index is 0.160. The minimum atomic E-state index is -4.48. The molecular formula is C27H27F3N6O4. The highest BCUT2D eigenvalue weighted by atomic mass is 19.4. The van der Waals surface area contributed by atoms with Gasteiger partial charge in [0.15, 0.2) is 17.4 Å². The van der Waals surface area contributed by atoms with Crippen LogP contribution in [-0.2, 0) is 15.7 Å². The summed E-state index contributed by atoms with van der Waals surface area (Å²) >= 11 is 0. The van der Waals surface area contributed by atoms with E-state index in [9.17, 15) is 18.0 Å². The van der Waals surface area contributed by atoms with Crippen LogP contribution in [0.15, 0.2) is 48.8 Å². The Morgan fingerprint density at radius 2 is 2.05 bits per heavy atom. The van der Waals surface area contributed by atoms with Crippen molar-refractivity contribution in [2.75, 3.05) is 41.4 Å². The summed E-state index contributed by atoms with van der Waals surface area (Å²) in [4.78, 5) is 30.4. The van der Waals surface area contributed by atoms with Crippen molar-refractivity contribution in [1.29, 1.82) is 0 Å².